The van der Waals surface area contributed by atoms with Crippen molar-refractivity contribution in [3.8, 4) is 17.4 Å². The van der Waals surface area contributed by atoms with E-state index < -0.39 is 16.6 Å². The highest BCUT2D eigenvalue weighted by Gasteiger charge is 2.31. The molecule has 11 heteroatoms. The molecule has 0 saturated carbocycles. The van der Waals surface area contributed by atoms with Crippen LogP contribution < -0.4 is 9.47 Å². The van der Waals surface area contributed by atoms with Crippen molar-refractivity contribution in [2.75, 3.05) is 0 Å². The number of ether oxygens (including phenoxy) is 2. The lowest BCUT2D eigenvalue weighted by molar-refractivity contribution is -0.137. The number of halogens is 8. The Morgan fingerprint density at radius 3 is 2.23 bits per heavy atom. The molecular weight excluding hydrogens is 505 g/mol. The van der Waals surface area contributed by atoms with E-state index in [0.717, 1.165) is 6.07 Å². The monoisotopic (exact) mass is 509 g/mol. The first-order chi connectivity index (χ1) is 12.1. The van der Waals surface area contributed by atoms with Crippen molar-refractivity contribution in [3.05, 3.63) is 56.8 Å². The minimum Gasteiger partial charge on any atom is -0.465 e. The van der Waals surface area contributed by atoms with Gasteiger partial charge < -0.3 is 9.47 Å². The van der Waals surface area contributed by atoms with Gasteiger partial charge in [0.15, 0.2) is 5.75 Å². The molecule has 1 aromatic carbocycles. The highest BCUT2D eigenvalue weighted by molar-refractivity contribution is 9.10. The maximum Gasteiger partial charge on any atom is 0.417 e. The number of benzene rings is 1. The van der Waals surface area contributed by atoms with Crippen molar-refractivity contribution >= 4 is 62.3 Å². The van der Waals surface area contributed by atoms with Crippen LogP contribution in [0.5, 0.6) is 17.4 Å². The Balaban J connectivity index is 2.25. The Hall–Kier alpha value is -0.860. The van der Waals surface area contributed by atoms with Gasteiger partial charge in [0.2, 0.25) is 5.88 Å². The molecule has 0 spiro atoms. The second kappa shape index (κ2) is 8.89. The van der Waals surface area contributed by atoms with Crippen LogP contribution in [-0.2, 0) is 6.18 Å². The standard InChI is InChI=1S/C15H7BrCl4F3NO2/c16-9-3-7(15(21,22)23)6-24-14(9)26-13-10(17)4-8(5-11(13)18)25-2-1-12(19)20/h1-6,12H/b2-1-. The topological polar surface area (TPSA) is 31.4 Å². The Bertz CT molecular complexity index is 808. The fourth-order valence-electron chi connectivity index (χ4n) is 1.63. The number of alkyl halides is 5. The van der Waals surface area contributed by atoms with Crippen LogP contribution in [0.15, 0.2) is 41.2 Å². The Morgan fingerprint density at radius 2 is 1.73 bits per heavy atom. The summed E-state index contributed by atoms with van der Waals surface area (Å²) in [6.07, 6.45) is -1.26. The van der Waals surface area contributed by atoms with Crippen LogP contribution in [0.25, 0.3) is 0 Å². The van der Waals surface area contributed by atoms with Gasteiger partial charge in [-0.1, -0.05) is 23.2 Å². The van der Waals surface area contributed by atoms with Crippen molar-refractivity contribution in [1.82, 2.24) is 4.98 Å². The van der Waals surface area contributed by atoms with E-state index in [1.165, 1.54) is 24.5 Å². The van der Waals surface area contributed by atoms with Crippen LogP contribution in [0, 0.1) is 0 Å². The van der Waals surface area contributed by atoms with Crippen LogP contribution in [-0.4, -0.2) is 9.82 Å². The molecule has 0 unspecified atom stereocenters. The zero-order valence-electron chi connectivity index (χ0n) is 12.3. The third-order valence-corrected chi connectivity index (χ3v) is 4.15. The first-order valence-electron chi connectivity index (χ1n) is 6.59. The molecule has 0 bridgehead atoms. The minimum absolute atomic E-state index is 0.00480. The molecule has 1 aromatic heterocycles. The zero-order valence-corrected chi connectivity index (χ0v) is 16.9. The van der Waals surface area contributed by atoms with Crippen molar-refractivity contribution in [2.45, 2.75) is 11.0 Å². The predicted octanol–water partition coefficient (Wildman–Crippen LogP) is 7.66. The van der Waals surface area contributed by atoms with E-state index in [1.807, 2.05) is 0 Å². The van der Waals surface area contributed by atoms with Crippen molar-refractivity contribution in [2.24, 2.45) is 0 Å². The molecule has 0 amide bonds. The van der Waals surface area contributed by atoms with E-state index in [9.17, 15) is 13.2 Å². The molecule has 0 radical (unpaired) electrons. The molecule has 2 rings (SSSR count). The van der Waals surface area contributed by atoms with Gasteiger partial charge in [0, 0.05) is 18.3 Å². The summed E-state index contributed by atoms with van der Waals surface area (Å²) >= 11 is 26.2. The second-order valence-electron chi connectivity index (χ2n) is 4.61. The van der Waals surface area contributed by atoms with Gasteiger partial charge in [0.1, 0.15) is 10.6 Å². The molecule has 26 heavy (non-hydrogen) atoms. The summed E-state index contributed by atoms with van der Waals surface area (Å²) in [6, 6.07) is 3.62. The normalized spacial score (nSPS) is 12.0. The van der Waals surface area contributed by atoms with Gasteiger partial charge in [-0.2, -0.15) is 13.2 Å². The molecule has 0 atom stereocenters. The average Bonchev–Trinajstić information content (AvgIpc) is 2.50. The Morgan fingerprint density at radius 1 is 1.12 bits per heavy atom. The van der Waals surface area contributed by atoms with E-state index in [0.29, 0.717) is 6.20 Å². The number of hydrogen-bond acceptors (Lipinski definition) is 3. The maximum atomic E-state index is 12.7. The van der Waals surface area contributed by atoms with Crippen LogP contribution in [0.3, 0.4) is 0 Å². The third-order valence-electron chi connectivity index (χ3n) is 2.73. The molecule has 0 saturated heterocycles. The zero-order chi connectivity index (χ0) is 19.5. The van der Waals surface area contributed by atoms with Gasteiger partial charge in [0.05, 0.1) is 26.3 Å². The predicted molar refractivity (Wildman–Crippen MR) is 98.7 cm³/mol. The van der Waals surface area contributed by atoms with Gasteiger partial charge in [-0.3, -0.25) is 0 Å². The molecule has 0 N–H and O–H groups in total. The molecule has 140 valence electrons. The number of rotatable bonds is 5. The van der Waals surface area contributed by atoms with E-state index in [1.54, 1.807) is 0 Å². The van der Waals surface area contributed by atoms with Crippen LogP contribution in [0.2, 0.25) is 10.0 Å². The summed E-state index contributed by atoms with van der Waals surface area (Å²) in [5.74, 6) is 0.143. The van der Waals surface area contributed by atoms with E-state index >= 15 is 0 Å². The van der Waals surface area contributed by atoms with Crippen molar-refractivity contribution in [3.63, 3.8) is 0 Å². The van der Waals surface area contributed by atoms with Gasteiger partial charge >= 0.3 is 6.18 Å². The average molecular weight is 512 g/mol. The summed E-state index contributed by atoms with van der Waals surface area (Å²) in [4.78, 5) is 2.89. The lowest BCUT2D eigenvalue weighted by Crippen LogP contribution is -2.06. The highest BCUT2D eigenvalue weighted by atomic mass is 79.9. The van der Waals surface area contributed by atoms with E-state index in [2.05, 4.69) is 20.9 Å². The minimum atomic E-state index is -4.53. The Labute approximate surface area is 174 Å². The van der Waals surface area contributed by atoms with Gasteiger partial charge in [0.25, 0.3) is 0 Å². The van der Waals surface area contributed by atoms with Crippen LogP contribution in [0.4, 0.5) is 13.2 Å². The smallest absolute Gasteiger partial charge is 0.417 e. The number of nitrogens with zero attached hydrogens (tertiary/aromatic N) is 1. The molecule has 3 nitrogen and oxygen atoms in total. The first kappa shape index (κ1) is 21.4. The van der Waals surface area contributed by atoms with Gasteiger partial charge in [-0.15, -0.1) is 23.2 Å². The summed E-state index contributed by atoms with van der Waals surface area (Å²) in [5, 5.41) is 0.116. The van der Waals surface area contributed by atoms with Crippen LogP contribution >= 0.6 is 62.3 Å². The number of allylic oxidation sites excluding steroid dienone is 1. The summed E-state index contributed by atoms with van der Waals surface area (Å²) < 4.78 is 48.7. The third kappa shape index (κ3) is 5.82. The molecule has 1 heterocycles. The quantitative estimate of drug-likeness (QED) is 0.305. The van der Waals surface area contributed by atoms with E-state index in [4.69, 9.17) is 55.9 Å². The van der Waals surface area contributed by atoms with Gasteiger partial charge in [-0.25, -0.2) is 4.98 Å². The van der Waals surface area contributed by atoms with Crippen molar-refractivity contribution in [1.29, 1.82) is 0 Å². The number of hydrogen-bond donors (Lipinski definition) is 0. The second-order valence-corrected chi connectivity index (χ2v) is 7.44. The van der Waals surface area contributed by atoms with Gasteiger partial charge in [-0.05, 0) is 28.1 Å². The largest absolute Gasteiger partial charge is 0.465 e. The summed E-state index contributed by atoms with van der Waals surface area (Å²) in [6.45, 7) is 0. The Kier molecular flexibility index (Phi) is 7.33. The summed E-state index contributed by atoms with van der Waals surface area (Å²) in [7, 11) is 0. The molecule has 0 fully saturated rings. The molecular formula is C15H7BrCl4F3NO2. The molecule has 0 aliphatic rings. The van der Waals surface area contributed by atoms with E-state index in [-0.39, 0.29) is 31.9 Å². The fraction of sp³-hybridized carbons (Fsp3) is 0.133. The lowest BCUT2D eigenvalue weighted by atomic mass is 10.3. The van der Waals surface area contributed by atoms with Crippen molar-refractivity contribution < 1.29 is 22.6 Å². The highest BCUT2D eigenvalue weighted by Crippen LogP contribution is 2.41. The lowest BCUT2D eigenvalue weighted by Gasteiger charge is -2.13. The molecule has 0 aliphatic heterocycles. The number of aromatic nitrogens is 1. The SMILES string of the molecule is FC(F)(F)c1cnc(Oc2c(Cl)cc(O/C=C\C(Cl)Cl)cc2Cl)c(Br)c1. The molecule has 2 aromatic rings. The first-order valence-corrected chi connectivity index (χ1v) is 9.01. The molecule has 0 aliphatic carbocycles. The summed E-state index contributed by atoms with van der Waals surface area (Å²) in [5.41, 5.74) is -0.929. The fourth-order valence-corrected chi connectivity index (χ4v) is 2.72. The maximum absolute atomic E-state index is 12.7. The van der Waals surface area contributed by atoms with Crippen LogP contribution in [0.1, 0.15) is 5.56 Å². The number of pyridine rings is 1.